The summed E-state index contributed by atoms with van der Waals surface area (Å²) < 4.78 is 0. The van der Waals surface area contributed by atoms with Crippen LogP contribution in [0.2, 0.25) is 0 Å². The highest BCUT2D eigenvalue weighted by molar-refractivity contribution is 5.25. The summed E-state index contributed by atoms with van der Waals surface area (Å²) in [4.78, 5) is 4.62. The average Bonchev–Trinajstić information content (AvgIpc) is 2.46. The van der Waals surface area contributed by atoms with Crippen molar-refractivity contribution in [1.29, 1.82) is 0 Å². The summed E-state index contributed by atoms with van der Waals surface area (Å²) in [5, 5.41) is 3.83. The van der Waals surface area contributed by atoms with Gasteiger partial charge in [-0.15, -0.1) is 0 Å². The van der Waals surface area contributed by atoms with E-state index in [1.54, 1.807) is 0 Å². The zero-order chi connectivity index (χ0) is 13.1. The van der Waals surface area contributed by atoms with E-state index in [-0.39, 0.29) is 0 Å². The van der Waals surface area contributed by atoms with Crippen LogP contribution in [0.15, 0.2) is 18.3 Å². The Hall–Kier alpha value is -0.890. The summed E-state index contributed by atoms with van der Waals surface area (Å²) in [6, 6.07) is 4.81. The summed E-state index contributed by atoms with van der Waals surface area (Å²) in [6.07, 6.45) is 12.7. The van der Waals surface area contributed by atoms with Gasteiger partial charge in [-0.25, -0.2) is 0 Å². The first-order chi connectivity index (χ1) is 9.27. The van der Waals surface area contributed by atoms with Gasteiger partial charge >= 0.3 is 0 Å². The maximum absolute atomic E-state index is 4.62. The van der Waals surface area contributed by atoms with Gasteiger partial charge in [0.1, 0.15) is 0 Å². The molecule has 2 aliphatic rings. The lowest BCUT2D eigenvalue weighted by Crippen LogP contribution is -2.37. The molecule has 1 aromatic heterocycles. The lowest BCUT2D eigenvalue weighted by atomic mass is 9.75. The van der Waals surface area contributed by atoms with Crippen molar-refractivity contribution in [2.45, 2.75) is 64.3 Å². The molecule has 0 saturated heterocycles. The summed E-state index contributed by atoms with van der Waals surface area (Å²) in [6.45, 7) is 3.62. The Labute approximate surface area is 117 Å². The molecule has 1 saturated carbocycles. The van der Waals surface area contributed by atoms with E-state index >= 15 is 0 Å². The van der Waals surface area contributed by atoms with Gasteiger partial charge in [0.05, 0.1) is 5.69 Å². The van der Waals surface area contributed by atoms with E-state index in [1.807, 2.05) is 6.20 Å². The SMILES string of the molecule is CC1(CNC2CCCc3cccnc32)CCCCC1. The lowest BCUT2D eigenvalue weighted by molar-refractivity contribution is 0.197. The van der Waals surface area contributed by atoms with E-state index in [4.69, 9.17) is 0 Å². The monoisotopic (exact) mass is 258 g/mol. The molecule has 0 spiro atoms. The third-order valence-corrected chi connectivity index (χ3v) is 5.03. The molecule has 2 nitrogen and oxygen atoms in total. The van der Waals surface area contributed by atoms with Crippen LogP contribution in [0.5, 0.6) is 0 Å². The largest absolute Gasteiger partial charge is 0.308 e. The van der Waals surface area contributed by atoms with Gasteiger partial charge in [-0.05, 0) is 49.1 Å². The number of rotatable bonds is 3. The number of hydrogen-bond acceptors (Lipinski definition) is 2. The molecule has 2 aliphatic carbocycles. The molecule has 0 aliphatic heterocycles. The molecule has 19 heavy (non-hydrogen) atoms. The molecule has 0 bridgehead atoms. The quantitative estimate of drug-likeness (QED) is 0.885. The van der Waals surface area contributed by atoms with Crippen molar-refractivity contribution >= 4 is 0 Å². The molecule has 0 aromatic carbocycles. The topological polar surface area (TPSA) is 24.9 Å². The predicted octanol–water partition coefficient (Wildman–Crippen LogP) is 4.02. The normalized spacial score (nSPS) is 25.8. The number of nitrogens with zero attached hydrogens (tertiary/aromatic N) is 1. The van der Waals surface area contributed by atoms with Crippen LogP contribution in [-0.2, 0) is 6.42 Å². The predicted molar refractivity (Wildman–Crippen MR) is 79.1 cm³/mol. The van der Waals surface area contributed by atoms with Crippen molar-refractivity contribution in [1.82, 2.24) is 10.3 Å². The van der Waals surface area contributed by atoms with E-state index in [9.17, 15) is 0 Å². The highest BCUT2D eigenvalue weighted by Gasteiger charge is 2.29. The standard InChI is InChI=1S/C17H26N2/c1-17(10-3-2-4-11-17)13-19-15-9-5-7-14-8-6-12-18-16(14)15/h6,8,12,15,19H,2-5,7,9-11,13H2,1H3. The van der Waals surface area contributed by atoms with Crippen LogP contribution in [-0.4, -0.2) is 11.5 Å². The van der Waals surface area contributed by atoms with Gasteiger partial charge in [0.15, 0.2) is 0 Å². The summed E-state index contributed by atoms with van der Waals surface area (Å²) in [5.74, 6) is 0. The van der Waals surface area contributed by atoms with E-state index in [2.05, 4.69) is 29.4 Å². The van der Waals surface area contributed by atoms with Crippen LogP contribution in [0.3, 0.4) is 0 Å². The number of aromatic nitrogens is 1. The fraction of sp³-hybridized carbons (Fsp3) is 0.706. The Morgan fingerprint density at radius 3 is 2.95 bits per heavy atom. The van der Waals surface area contributed by atoms with Crippen LogP contribution < -0.4 is 5.32 Å². The van der Waals surface area contributed by atoms with E-state index in [1.165, 1.54) is 62.6 Å². The van der Waals surface area contributed by atoms with E-state index in [0.29, 0.717) is 11.5 Å². The first-order valence-electron chi connectivity index (χ1n) is 7.94. The van der Waals surface area contributed by atoms with Crippen LogP contribution in [0.1, 0.15) is 69.2 Å². The summed E-state index contributed by atoms with van der Waals surface area (Å²) >= 11 is 0. The maximum Gasteiger partial charge on any atom is 0.0605 e. The molecule has 104 valence electrons. The molecule has 3 rings (SSSR count). The van der Waals surface area contributed by atoms with Crippen molar-refractivity contribution in [3.05, 3.63) is 29.6 Å². The van der Waals surface area contributed by atoms with Crippen molar-refractivity contribution in [3.63, 3.8) is 0 Å². The van der Waals surface area contributed by atoms with Gasteiger partial charge in [0.25, 0.3) is 0 Å². The summed E-state index contributed by atoms with van der Waals surface area (Å²) in [5.41, 5.74) is 3.29. The summed E-state index contributed by atoms with van der Waals surface area (Å²) in [7, 11) is 0. The van der Waals surface area contributed by atoms with Gasteiger partial charge in [0, 0.05) is 18.8 Å². The number of aryl methyl sites for hydroxylation is 1. The van der Waals surface area contributed by atoms with Crippen molar-refractivity contribution < 1.29 is 0 Å². The number of nitrogens with one attached hydrogen (secondary N) is 1. The molecular weight excluding hydrogens is 232 g/mol. The lowest BCUT2D eigenvalue weighted by Gasteiger charge is -2.36. The average molecular weight is 258 g/mol. The van der Waals surface area contributed by atoms with Gasteiger partial charge in [-0.3, -0.25) is 4.98 Å². The Morgan fingerprint density at radius 1 is 1.26 bits per heavy atom. The van der Waals surface area contributed by atoms with Crippen LogP contribution in [0.4, 0.5) is 0 Å². The number of fused-ring (bicyclic) bond motifs is 1. The van der Waals surface area contributed by atoms with E-state index < -0.39 is 0 Å². The molecule has 2 heteroatoms. The third-order valence-electron chi connectivity index (χ3n) is 5.03. The minimum absolute atomic E-state index is 0.490. The Bertz CT molecular complexity index is 421. The van der Waals surface area contributed by atoms with Crippen molar-refractivity contribution in [3.8, 4) is 0 Å². The Kier molecular flexibility index (Phi) is 3.88. The van der Waals surface area contributed by atoms with Crippen molar-refractivity contribution in [2.75, 3.05) is 6.54 Å². The van der Waals surface area contributed by atoms with Crippen LogP contribution >= 0.6 is 0 Å². The van der Waals surface area contributed by atoms with Gasteiger partial charge in [0.2, 0.25) is 0 Å². The van der Waals surface area contributed by atoms with Crippen molar-refractivity contribution in [2.24, 2.45) is 5.41 Å². The van der Waals surface area contributed by atoms with Gasteiger partial charge in [-0.1, -0.05) is 32.3 Å². The van der Waals surface area contributed by atoms with Crippen LogP contribution in [0.25, 0.3) is 0 Å². The second kappa shape index (κ2) is 5.62. The first-order valence-corrected chi connectivity index (χ1v) is 7.94. The molecule has 0 amide bonds. The number of hydrogen-bond donors (Lipinski definition) is 1. The molecule has 1 unspecified atom stereocenters. The fourth-order valence-corrected chi connectivity index (χ4v) is 3.76. The minimum Gasteiger partial charge on any atom is -0.308 e. The maximum atomic E-state index is 4.62. The molecular formula is C17H26N2. The molecule has 1 fully saturated rings. The number of pyridine rings is 1. The molecule has 1 atom stereocenters. The zero-order valence-electron chi connectivity index (χ0n) is 12.1. The third kappa shape index (κ3) is 3.00. The highest BCUT2D eigenvalue weighted by atomic mass is 15.0. The highest BCUT2D eigenvalue weighted by Crippen LogP contribution is 2.36. The second-order valence-electron chi connectivity index (χ2n) is 6.74. The molecule has 1 aromatic rings. The zero-order valence-corrected chi connectivity index (χ0v) is 12.1. The fourth-order valence-electron chi connectivity index (χ4n) is 3.76. The van der Waals surface area contributed by atoms with Gasteiger partial charge < -0.3 is 5.32 Å². The molecule has 1 N–H and O–H groups in total. The first kappa shape index (κ1) is 13.1. The van der Waals surface area contributed by atoms with Crippen LogP contribution in [0, 0.1) is 5.41 Å². The smallest absolute Gasteiger partial charge is 0.0605 e. The molecule has 1 heterocycles. The van der Waals surface area contributed by atoms with E-state index in [0.717, 1.165) is 6.54 Å². The van der Waals surface area contributed by atoms with Gasteiger partial charge in [-0.2, -0.15) is 0 Å². The molecule has 0 radical (unpaired) electrons. The second-order valence-corrected chi connectivity index (χ2v) is 6.74. The Balaban J connectivity index is 1.64. The Morgan fingerprint density at radius 2 is 2.11 bits per heavy atom. The minimum atomic E-state index is 0.490.